The number of H-pyrrole nitrogens is 1. The maximum absolute atomic E-state index is 14.8. The van der Waals surface area contributed by atoms with Gasteiger partial charge >= 0.3 is 0 Å². The summed E-state index contributed by atoms with van der Waals surface area (Å²) in [6.45, 7) is 6.45. The second-order valence-electron chi connectivity index (χ2n) is 14.9. The van der Waals surface area contributed by atoms with Crippen molar-refractivity contribution in [2.24, 2.45) is 5.92 Å². The standard InChI is InChI=1S/C43H42Cl2N6O3/c1-25-9-8-20-51-38(27-13-15-28(44)16-14-27)31-23-29(45)24-33-35(31)36(39(51)34(25)26-10-5-4-6-11-26)37(48-33)41(52)49-32-12-7-19-46-40(32)50-21-17-30(18-22-50)47-42(53)43(2,3)54/h4-8,10-16,19-20,23-25,30,38,48,54H,9,17-18,21-22H2,1-3H3,(H,47,53)(H,49,52). The van der Waals surface area contributed by atoms with Gasteiger partial charge in [0.05, 0.1) is 17.4 Å². The van der Waals surface area contributed by atoms with Gasteiger partial charge in [0, 0.05) is 58.0 Å². The van der Waals surface area contributed by atoms with Gasteiger partial charge in [0.15, 0.2) is 5.82 Å². The van der Waals surface area contributed by atoms with Crippen LogP contribution in [0.2, 0.25) is 10.0 Å². The lowest BCUT2D eigenvalue weighted by atomic mass is 9.82. The minimum atomic E-state index is -1.44. The molecule has 1 fully saturated rings. The molecule has 4 N–H and O–H groups in total. The smallest absolute Gasteiger partial charge is 0.272 e. The summed E-state index contributed by atoms with van der Waals surface area (Å²) in [6.07, 6.45) is 8.25. The van der Waals surface area contributed by atoms with Crippen molar-refractivity contribution >= 4 is 68.7 Å². The Kier molecular flexibility index (Phi) is 9.50. The third-order valence-electron chi connectivity index (χ3n) is 10.7. The fourth-order valence-electron chi connectivity index (χ4n) is 8.08. The number of nitrogens with one attached hydrogen (secondary N) is 3. The average Bonchev–Trinajstić information content (AvgIpc) is 3.44. The van der Waals surface area contributed by atoms with Gasteiger partial charge in [0.2, 0.25) is 0 Å². The molecule has 276 valence electrons. The Hall–Kier alpha value is -5.09. The zero-order valence-corrected chi connectivity index (χ0v) is 31.9. The first-order valence-electron chi connectivity index (χ1n) is 18.4. The Morgan fingerprint density at radius 2 is 1.70 bits per heavy atom. The number of nitrogens with zero attached hydrogens (tertiary/aromatic N) is 3. The van der Waals surface area contributed by atoms with E-state index in [1.165, 1.54) is 13.8 Å². The van der Waals surface area contributed by atoms with E-state index in [1.807, 2.05) is 42.5 Å². The minimum absolute atomic E-state index is 0.0647. The van der Waals surface area contributed by atoms with Crippen LogP contribution < -0.4 is 15.5 Å². The topological polar surface area (TPSA) is 114 Å². The predicted molar refractivity (Wildman–Crippen MR) is 216 cm³/mol. The molecule has 2 aromatic heterocycles. The molecule has 0 spiro atoms. The van der Waals surface area contributed by atoms with Gasteiger partial charge in [-0.15, -0.1) is 0 Å². The SMILES string of the molecule is CC1CC=CN2C(=C1c1ccccc1)c1c(C(=O)Nc3cccnc3N3CCC(NC(=O)C(C)(C)O)CC3)[nH]c3cc(Cl)cc(c13)C2c1ccc(Cl)cc1. The van der Waals surface area contributed by atoms with Crippen LogP contribution in [-0.2, 0) is 4.79 Å². The molecule has 0 radical (unpaired) electrons. The molecule has 0 saturated carbocycles. The molecule has 2 unspecified atom stereocenters. The van der Waals surface area contributed by atoms with E-state index in [1.54, 1.807) is 6.20 Å². The first kappa shape index (κ1) is 35.9. The molecular weight excluding hydrogens is 719 g/mol. The van der Waals surface area contributed by atoms with Crippen LogP contribution in [0.25, 0.3) is 22.2 Å². The van der Waals surface area contributed by atoms with Crippen molar-refractivity contribution in [3.63, 3.8) is 0 Å². The molecule has 11 heteroatoms. The summed E-state index contributed by atoms with van der Waals surface area (Å²) in [5, 5.41) is 18.5. The summed E-state index contributed by atoms with van der Waals surface area (Å²) in [4.78, 5) is 39.9. The minimum Gasteiger partial charge on any atom is -0.381 e. The van der Waals surface area contributed by atoms with Crippen LogP contribution in [-0.4, -0.2) is 56.5 Å². The average molecular weight is 762 g/mol. The molecule has 5 aromatic rings. The number of pyridine rings is 1. The predicted octanol–water partition coefficient (Wildman–Crippen LogP) is 8.80. The third-order valence-corrected chi connectivity index (χ3v) is 11.2. The molecule has 9 nitrogen and oxygen atoms in total. The third kappa shape index (κ3) is 6.65. The molecule has 54 heavy (non-hydrogen) atoms. The normalized spacial score (nSPS) is 18.8. The van der Waals surface area contributed by atoms with Crippen molar-refractivity contribution in [1.82, 2.24) is 20.2 Å². The first-order chi connectivity index (χ1) is 26.0. The van der Waals surface area contributed by atoms with Crippen molar-refractivity contribution < 1.29 is 14.7 Å². The number of benzene rings is 3. The number of anilines is 2. The Labute approximate surface area is 324 Å². The molecule has 5 heterocycles. The van der Waals surface area contributed by atoms with Gasteiger partial charge in [0.25, 0.3) is 11.8 Å². The van der Waals surface area contributed by atoms with Gasteiger partial charge < -0.3 is 30.5 Å². The molecule has 3 aliphatic rings. The number of aliphatic hydroxyl groups is 1. The maximum atomic E-state index is 14.8. The van der Waals surface area contributed by atoms with Gasteiger partial charge in [-0.2, -0.15) is 0 Å². The van der Waals surface area contributed by atoms with Gasteiger partial charge in [0.1, 0.15) is 11.3 Å². The Bertz CT molecular complexity index is 2300. The van der Waals surface area contributed by atoms with Crippen LogP contribution in [0.4, 0.5) is 11.5 Å². The second-order valence-corrected chi connectivity index (χ2v) is 15.8. The number of carbonyl (C=O) groups is 2. The maximum Gasteiger partial charge on any atom is 0.272 e. The van der Waals surface area contributed by atoms with Gasteiger partial charge in [-0.1, -0.05) is 78.7 Å². The monoisotopic (exact) mass is 760 g/mol. The Balaban J connectivity index is 1.23. The summed E-state index contributed by atoms with van der Waals surface area (Å²) in [5.74, 6) is 0.118. The number of rotatable bonds is 7. The van der Waals surface area contributed by atoms with Crippen molar-refractivity contribution in [2.45, 2.75) is 57.7 Å². The van der Waals surface area contributed by atoms with Gasteiger partial charge in [-0.3, -0.25) is 9.59 Å². The van der Waals surface area contributed by atoms with Crippen molar-refractivity contribution in [1.29, 1.82) is 0 Å². The molecule has 2 amide bonds. The summed E-state index contributed by atoms with van der Waals surface area (Å²) >= 11 is 13.2. The highest BCUT2D eigenvalue weighted by Gasteiger charge is 2.40. The number of piperidine rings is 1. The molecule has 2 atom stereocenters. The number of halogens is 2. The van der Waals surface area contributed by atoms with Crippen LogP contribution in [0.5, 0.6) is 0 Å². The number of hydrogen-bond donors (Lipinski definition) is 4. The van der Waals surface area contributed by atoms with E-state index in [4.69, 9.17) is 28.2 Å². The summed E-state index contributed by atoms with van der Waals surface area (Å²) < 4.78 is 0. The Morgan fingerprint density at radius 1 is 0.963 bits per heavy atom. The number of amides is 2. The van der Waals surface area contributed by atoms with E-state index in [0.29, 0.717) is 53.2 Å². The molecule has 3 aromatic carbocycles. The van der Waals surface area contributed by atoms with Crippen LogP contribution in [0.1, 0.15) is 78.8 Å². The van der Waals surface area contributed by atoms with Crippen molar-refractivity contribution in [2.75, 3.05) is 23.3 Å². The molecular formula is C43H42Cl2N6O3. The lowest BCUT2D eigenvalue weighted by Crippen LogP contribution is -2.50. The highest BCUT2D eigenvalue weighted by molar-refractivity contribution is 6.32. The lowest BCUT2D eigenvalue weighted by molar-refractivity contribution is -0.137. The van der Waals surface area contributed by atoms with E-state index >= 15 is 0 Å². The number of carbonyl (C=O) groups excluding carboxylic acids is 2. The number of fused-ring (bicyclic) bond motifs is 2. The zero-order valence-electron chi connectivity index (χ0n) is 30.4. The summed E-state index contributed by atoms with van der Waals surface area (Å²) in [6, 6.07) is 25.6. The van der Waals surface area contributed by atoms with E-state index in [-0.39, 0.29) is 29.8 Å². The quantitative estimate of drug-likeness (QED) is 0.132. The van der Waals surface area contributed by atoms with Crippen LogP contribution in [0, 0.1) is 5.92 Å². The number of hydrogen-bond acceptors (Lipinski definition) is 6. The van der Waals surface area contributed by atoms with Gasteiger partial charge in [-0.25, -0.2) is 4.98 Å². The number of aromatic amines is 1. The summed E-state index contributed by atoms with van der Waals surface area (Å²) in [7, 11) is 0. The van der Waals surface area contributed by atoms with Gasteiger partial charge in [-0.05, 0) is 97.7 Å². The van der Waals surface area contributed by atoms with Crippen LogP contribution in [0.3, 0.4) is 0 Å². The highest BCUT2D eigenvalue weighted by Crippen LogP contribution is 2.53. The number of allylic oxidation sites excluding steroid dienone is 2. The van der Waals surface area contributed by atoms with Crippen LogP contribution >= 0.6 is 23.2 Å². The highest BCUT2D eigenvalue weighted by atomic mass is 35.5. The summed E-state index contributed by atoms with van der Waals surface area (Å²) in [5.41, 5.74) is 6.43. The zero-order chi connectivity index (χ0) is 37.7. The van der Waals surface area contributed by atoms with E-state index in [9.17, 15) is 14.7 Å². The molecule has 1 saturated heterocycles. The van der Waals surface area contributed by atoms with Crippen molar-refractivity contribution in [3.8, 4) is 0 Å². The van der Waals surface area contributed by atoms with Crippen molar-refractivity contribution in [3.05, 3.63) is 135 Å². The van der Waals surface area contributed by atoms with E-state index in [2.05, 4.69) is 81.0 Å². The molecule has 8 rings (SSSR count). The second kappa shape index (κ2) is 14.3. The Morgan fingerprint density at radius 3 is 2.43 bits per heavy atom. The molecule has 3 aliphatic heterocycles. The van der Waals surface area contributed by atoms with Crippen LogP contribution in [0.15, 0.2) is 97.3 Å². The van der Waals surface area contributed by atoms with E-state index < -0.39 is 5.60 Å². The molecule has 0 aliphatic carbocycles. The lowest BCUT2D eigenvalue weighted by Gasteiger charge is -2.39. The fraction of sp³-hybridized carbons (Fsp3) is 0.279. The fourth-order valence-corrected chi connectivity index (χ4v) is 8.43. The van der Waals surface area contributed by atoms with E-state index in [0.717, 1.165) is 50.8 Å². The first-order valence-corrected chi connectivity index (χ1v) is 19.1. The number of aromatic nitrogens is 2. The molecule has 0 bridgehead atoms. The largest absolute Gasteiger partial charge is 0.381 e.